The number of rotatable bonds is 9. The molecule has 11 nitrogen and oxygen atoms in total. The van der Waals surface area contributed by atoms with E-state index >= 15 is 0 Å². The van der Waals surface area contributed by atoms with Gasteiger partial charge in [0.25, 0.3) is 0 Å². The first kappa shape index (κ1) is 31.2. The van der Waals surface area contributed by atoms with Crippen molar-refractivity contribution in [2.45, 2.75) is 50.2 Å². The molecule has 1 heterocycles. The molecule has 1 unspecified atom stereocenters. The van der Waals surface area contributed by atoms with Crippen molar-refractivity contribution in [1.82, 2.24) is 19.8 Å². The Morgan fingerprint density at radius 2 is 1.88 bits per heavy atom. The van der Waals surface area contributed by atoms with Gasteiger partial charge in [-0.25, -0.2) is 22.3 Å². The van der Waals surface area contributed by atoms with Crippen LogP contribution in [0.25, 0.3) is 0 Å². The van der Waals surface area contributed by atoms with Gasteiger partial charge in [-0.3, -0.25) is 19.3 Å². The molecular formula is C26H28F4N4O7S. The molecule has 2 N–H and O–H groups in total. The second-order valence-electron chi connectivity index (χ2n) is 10.2. The van der Waals surface area contributed by atoms with E-state index in [1.165, 1.54) is 24.3 Å². The molecule has 1 spiro atoms. The van der Waals surface area contributed by atoms with Gasteiger partial charge in [-0.15, -0.1) is 0 Å². The smallest absolute Gasteiger partial charge is 0.411 e. The minimum absolute atomic E-state index is 0.149. The van der Waals surface area contributed by atoms with Crippen molar-refractivity contribution < 1.29 is 49.9 Å². The van der Waals surface area contributed by atoms with E-state index in [1.807, 2.05) is 4.72 Å². The number of nitrogens with one attached hydrogen (secondary N) is 2. The fourth-order valence-corrected chi connectivity index (χ4v) is 5.68. The standard InChI is InChI=1S/C26H28F4N4O7S/c1-15(26(28,29)30)34(11-16-3-5-17(27)6-4-16)22(36)12-33-14-25(41-24(33)38)10-9-18-19(25)7-8-20(23(18)37)32-21(35)13-42(39,40)31-2/h3-8,15,20,31H,9-14H2,1-2H3,(H,32,35)/t15-,20?,25-/m0/s1. The predicted molar refractivity (Wildman–Crippen MR) is 138 cm³/mol. The van der Waals surface area contributed by atoms with Gasteiger partial charge in [-0.2, -0.15) is 13.2 Å². The number of ether oxygens (including phenoxy) is 1. The molecule has 16 heteroatoms. The molecule has 0 aromatic heterocycles. The Morgan fingerprint density at radius 3 is 2.50 bits per heavy atom. The molecule has 4 rings (SSSR count). The van der Waals surface area contributed by atoms with E-state index in [-0.39, 0.29) is 30.5 Å². The van der Waals surface area contributed by atoms with E-state index in [4.69, 9.17) is 4.74 Å². The molecule has 1 aromatic carbocycles. The summed E-state index contributed by atoms with van der Waals surface area (Å²) in [5.74, 6) is -3.92. The highest BCUT2D eigenvalue weighted by Crippen LogP contribution is 2.45. The van der Waals surface area contributed by atoms with Gasteiger partial charge < -0.3 is 15.0 Å². The Balaban J connectivity index is 1.47. The van der Waals surface area contributed by atoms with Crippen LogP contribution in [0.15, 0.2) is 47.6 Å². The summed E-state index contributed by atoms with van der Waals surface area (Å²) in [7, 11) is -2.72. The topological polar surface area (TPSA) is 142 Å². The minimum atomic E-state index is -4.77. The number of sulfonamides is 1. The van der Waals surface area contributed by atoms with E-state index in [1.54, 1.807) is 0 Å². The number of alkyl halides is 3. The number of carbonyl (C=O) groups is 4. The van der Waals surface area contributed by atoms with Crippen LogP contribution in [0.4, 0.5) is 22.4 Å². The second kappa shape index (κ2) is 11.5. The molecular weight excluding hydrogens is 588 g/mol. The lowest BCUT2D eigenvalue weighted by Crippen LogP contribution is -2.50. The van der Waals surface area contributed by atoms with Crippen molar-refractivity contribution in [2.75, 3.05) is 25.9 Å². The zero-order valence-electron chi connectivity index (χ0n) is 22.5. The van der Waals surface area contributed by atoms with Crippen LogP contribution in [0.3, 0.4) is 0 Å². The molecule has 0 radical (unpaired) electrons. The zero-order chi connectivity index (χ0) is 31.0. The Bertz CT molecular complexity index is 1460. The summed E-state index contributed by atoms with van der Waals surface area (Å²) in [6, 6.07) is 1.28. The van der Waals surface area contributed by atoms with Gasteiger partial charge in [0.05, 0.1) is 6.54 Å². The Kier molecular flexibility index (Phi) is 8.51. The molecule has 0 bridgehead atoms. The van der Waals surface area contributed by atoms with E-state index in [0.717, 1.165) is 31.0 Å². The highest BCUT2D eigenvalue weighted by Gasteiger charge is 2.54. The summed E-state index contributed by atoms with van der Waals surface area (Å²) in [6.07, 6.45) is -2.62. The quantitative estimate of drug-likeness (QED) is 0.401. The van der Waals surface area contributed by atoms with Gasteiger partial charge in [0.15, 0.2) is 11.4 Å². The maximum atomic E-state index is 13.6. The number of fused-ring (bicyclic) bond motifs is 1. The van der Waals surface area contributed by atoms with E-state index in [9.17, 15) is 45.2 Å². The normalized spacial score (nSPS) is 22.8. The molecule has 228 valence electrons. The monoisotopic (exact) mass is 616 g/mol. The number of ketones is 1. The zero-order valence-corrected chi connectivity index (χ0v) is 23.4. The molecule has 0 saturated carbocycles. The maximum Gasteiger partial charge on any atom is 0.411 e. The number of Topliss-reactive ketones (excluding diaryl/α,β-unsaturated/α-hetero) is 1. The van der Waals surface area contributed by atoms with Crippen molar-refractivity contribution in [1.29, 1.82) is 0 Å². The van der Waals surface area contributed by atoms with Crippen molar-refractivity contribution in [2.24, 2.45) is 0 Å². The van der Waals surface area contributed by atoms with Gasteiger partial charge in [-0.1, -0.05) is 24.3 Å². The summed E-state index contributed by atoms with van der Waals surface area (Å²) in [6.45, 7) is -0.623. The van der Waals surface area contributed by atoms with Crippen molar-refractivity contribution in [3.63, 3.8) is 0 Å². The summed E-state index contributed by atoms with van der Waals surface area (Å²) < 4.78 is 85.0. The molecule has 3 amide bonds. The third kappa shape index (κ3) is 6.48. The van der Waals surface area contributed by atoms with Crippen LogP contribution in [-0.4, -0.2) is 91.7 Å². The number of nitrogens with zero attached hydrogens (tertiary/aromatic N) is 2. The van der Waals surface area contributed by atoms with Gasteiger partial charge in [-0.05, 0) is 44.5 Å². The van der Waals surface area contributed by atoms with E-state index in [0.29, 0.717) is 10.5 Å². The van der Waals surface area contributed by atoms with E-state index in [2.05, 4.69) is 5.32 Å². The number of hydrogen-bond acceptors (Lipinski definition) is 7. The third-order valence-electron chi connectivity index (χ3n) is 7.42. The lowest BCUT2D eigenvalue weighted by molar-refractivity contribution is -0.187. The van der Waals surface area contributed by atoms with Gasteiger partial charge in [0.2, 0.25) is 21.8 Å². The molecule has 3 aliphatic rings. The Labute approximate surface area is 238 Å². The largest absolute Gasteiger partial charge is 0.436 e. The van der Waals surface area contributed by atoms with Crippen molar-refractivity contribution >= 4 is 33.7 Å². The third-order valence-corrected chi connectivity index (χ3v) is 8.68. The number of amides is 3. The second-order valence-corrected chi connectivity index (χ2v) is 12.1. The minimum Gasteiger partial charge on any atom is -0.436 e. The van der Waals surface area contributed by atoms with Crippen LogP contribution in [-0.2, 0) is 35.7 Å². The van der Waals surface area contributed by atoms with Gasteiger partial charge >= 0.3 is 12.3 Å². The molecule has 1 saturated heterocycles. The molecule has 42 heavy (non-hydrogen) atoms. The average Bonchev–Trinajstić information content (AvgIpc) is 3.42. The number of hydrogen-bond donors (Lipinski definition) is 2. The average molecular weight is 617 g/mol. The molecule has 2 aliphatic carbocycles. The first-order chi connectivity index (χ1) is 19.5. The lowest BCUT2D eigenvalue weighted by atomic mass is 9.89. The van der Waals surface area contributed by atoms with Gasteiger partial charge in [0, 0.05) is 17.7 Å². The van der Waals surface area contributed by atoms with Crippen LogP contribution in [0.5, 0.6) is 0 Å². The highest BCUT2D eigenvalue weighted by molar-refractivity contribution is 7.90. The van der Waals surface area contributed by atoms with Crippen LogP contribution in [0.2, 0.25) is 0 Å². The predicted octanol–water partition coefficient (Wildman–Crippen LogP) is 1.56. The molecule has 1 aliphatic heterocycles. The highest BCUT2D eigenvalue weighted by atomic mass is 32.2. The number of halogens is 4. The molecule has 1 fully saturated rings. The van der Waals surface area contributed by atoms with E-state index < -0.39 is 82.2 Å². The first-order valence-electron chi connectivity index (χ1n) is 12.8. The number of carbonyl (C=O) groups excluding carboxylic acids is 4. The van der Waals surface area contributed by atoms with Gasteiger partial charge in [0.1, 0.15) is 30.2 Å². The Morgan fingerprint density at radius 1 is 1.21 bits per heavy atom. The Hall–Kier alpha value is -3.79. The fraction of sp³-hybridized carbons (Fsp3) is 0.462. The molecule has 3 atom stereocenters. The fourth-order valence-electron chi connectivity index (χ4n) is 5.11. The van der Waals surface area contributed by atoms with Crippen molar-refractivity contribution in [3.8, 4) is 0 Å². The maximum absolute atomic E-state index is 13.6. The summed E-state index contributed by atoms with van der Waals surface area (Å²) >= 11 is 0. The van der Waals surface area contributed by atoms with Crippen molar-refractivity contribution in [3.05, 3.63) is 58.9 Å². The van der Waals surface area contributed by atoms with Crippen LogP contribution in [0, 0.1) is 5.82 Å². The number of benzene rings is 1. The SMILES string of the molecule is CNS(=O)(=O)CC(=O)NC1C=CC2=C(CC[C@]23CN(CC(=O)N(Cc2ccc(F)cc2)[C@@H](C)C(F)(F)F)C(=O)O3)C1=O. The first-order valence-corrected chi connectivity index (χ1v) is 14.5. The molecule has 1 aromatic rings. The summed E-state index contributed by atoms with van der Waals surface area (Å²) in [5.41, 5.74) is -0.483. The summed E-state index contributed by atoms with van der Waals surface area (Å²) in [5, 5.41) is 2.34. The lowest BCUT2D eigenvalue weighted by Gasteiger charge is -2.32. The van der Waals surface area contributed by atoms with Crippen LogP contribution >= 0.6 is 0 Å². The van der Waals surface area contributed by atoms with Crippen LogP contribution < -0.4 is 10.0 Å². The summed E-state index contributed by atoms with van der Waals surface area (Å²) in [4.78, 5) is 52.7. The van der Waals surface area contributed by atoms with Crippen LogP contribution in [0.1, 0.15) is 25.3 Å².